The first-order valence-corrected chi connectivity index (χ1v) is 7.38. The molecule has 0 aliphatic heterocycles. The van der Waals surface area contributed by atoms with Gasteiger partial charge in [-0.05, 0) is 6.07 Å². The summed E-state index contributed by atoms with van der Waals surface area (Å²) in [5, 5.41) is 18.7. The summed E-state index contributed by atoms with van der Waals surface area (Å²) in [5.41, 5.74) is 0.0225. The van der Waals surface area contributed by atoms with Crippen LogP contribution >= 0.6 is 0 Å². The maximum atomic E-state index is 10.9. The van der Waals surface area contributed by atoms with Gasteiger partial charge < -0.3 is 34.0 Å². The average Bonchev–Trinajstić information content (AvgIpc) is 2.55. The molecule has 0 saturated carbocycles. The molecule has 0 radical (unpaired) electrons. The molecule has 0 aliphatic carbocycles. The van der Waals surface area contributed by atoms with E-state index in [9.17, 15) is 14.7 Å². The molecule has 1 atom stereocenters. The number of methoxy groups -OCH3 is 1. The lowest BCUT2D eigenvalue weighted by atomic mass is 10.00. The van der Waals surface area contributed by atoms with Crippen molar-refractivity contribution >= 4 is 12.3 Å². The van der Waals surface area contributed by atoms with Gasteiger partial charge in [0, 0.05) is 18.7 Å². The van der Waals surface area contributed by atoms with Gasteiger partial charge in [-0.2, -0.15) is 0 Å². The second kappa shape index (κ2) is 11.4. The van der Waals surface area contributed by atoms with Gasteiger partial charge in [-0.1, -0.05) is 6.07 Å². The molecular formula is C16H22O8. The van der Waals surface area contributed by atoms with Crippen molar-refractivity contribution in [1.29, 1.82) is 0 Å². The van der Waals surface area contributed by atoms with Gasteiger partial charge >= 0.3 is 5.97 Å². The van der Waals surface area contributed by atoms with Crippen molar-refractivity contribution in [1.82, 2.24) is 0 Å². The number of phenols is 1. The van der Waals surface area contributed by atoms with Crippen LogP contribution in [-0.4, -0.2) is 69.2 Å². The van der Waals surface area contributed by atoms with Crippen LogP contribution in [0.25, 0.3) is 0 Å². The number of aliphatic carboxylic acids is 1. The van der Waals surface area contributed by atoms with Crippen LogP contribution in [0.5, 0.6) is 11.5 Å². The summed E-state index contributed by atoms with van der Waals surface area (Å²) >= 11 is 0. The Kier molecular flexibility index (Phi) is 9.44. The summed E-state index contributed by atoms with van der Waals surface area (Å²) in [6.07, 6.45) is 0.264. The van der Waals surface area contributed by atoms with Gasteiger partial charge in [0.2, 0.25) is 0 Å². The normalized spacial score (nSPS) is 11.9. The van der Waals surface area contributed by atoms with E-state index in [1.54, 1.807) is 7.11 Å². The molecule has 0 bridgehead atoms. The third kappa shape index (κ3) is 6.95. The van der Waals surface area contributed by atoms with Crippen molar-refractivity contribution in [2.45, 2.75) is 5.92 Å². The zero-order valence-corrected chi connectivity index (χ0v) is 13.5. The summed E-state index contributed by atoms with van der Waals surface area (Å²) in [5.74, 6) is -2.68. The monoisotopic (exact) mass is 342 g/mol. The number of carboxylic acids is 1. The molecule has 0 heterocycles. The fourth-order valence-electron chi connectivity index (χ4n) is 1.82. The molecule has 2 N–H and O–H groups in total. The predicted molar refractivity (Wildman–Crippen MR) is 83.6 cm³/mol. The van der Waals surface area contributed by atoms with E-state index >= 15 is 0 Å². The fourth-order valence-corrected chi connectivity index (χ4v) is 1.82. The molecule has 1 unspecified atom stereocenters. The van der Waals surface area contributed by atoms with Crippen molar-refractivity contribution in [2.75, 3.05) is 46.8 Å². The number of hydrogen-bond donors (Lipinski definition) is 2. The van der Waals surface area contributed by atoms with Crippen LogP contribution < -0.4 is 4.74 Å². The van der Waals surface area contributed by atoms with E-state index in [1.165, 1.54) is 18.2 Å². The van der Waals surface area contributed by atoms with Gasteiger partial charge in [0.05, 0.1) is 33.0 Å². The average molecular weight is 342 g/mol. The summed E-state index contributed by atoms with van der Waals surface area (Å²) in [7, 11) is 1.60. The highest BCUT2D eigenvalue weighted by Crippen LogP contribution is 2.29. The molecule has 134 valence electrons. The second-order valence-electron chi connectivity index (χ2n) is 4.74. The van der Waals surface area contributed by atoms with E-state index in [0.29, 0.717) is 38.8 Å². The number of phenolic OH excluding ortho intramolecular Hbond substituents is 1. The first-order chi connectivity index (χ1) is 11.6. The van der Waals surface area contributed by atoms with Gasteiger partial charge in [0.15, 0.2) is 0 Å². The Balaban J connectivity index is 2.30. The minimum Gasteiger partial charge on any atom is -0.507 e. The number of carboxylic acid groups (broad SMARTS) is 1. The maximum Gasteiger partial charge on any atom is 0.318 e. The van der Waals surface area contributed by atoms with Crippen LogP contribution in [0.1, 0.15) is 11.5 Å². The summed E-state index contributed by atoms with van der Waals surface area (Å²) in [6.45, 7) is 2.53. The second-order valence-corrected chi connectivity index (χ2v) is 4.74. The van der Waals surface area contributed by atoms with Crippen molar-refractivity contribution in [2.24, 2.45) is 0 Å². The van der Waals surface area contributed by atoms with Gasteiger partial charge in [0.25, 0.3) is 0 Å². The van der Waals surface area contributed by atoms with Crippen molar-refractivity contribution in [3.05, 3.63) is 23.8 Å². The quantitative estimate of drug-likeness (QED) is 0.308. The van der Waals surface area contributed by atoms with Crippen LogP contribution in [0.3, 0.4) is 0 Å². The van der Waals surface area contributed by atoms with Crippen LogP contribution in [-0.2, 0) is 23.8 Å². The number of benzene rings is 1. The van der Waals surface area contributed by atoms with E-state index in [2.05, 4.69) is 0 Å². The smallest absolute Gasteiger partial charge is 0.318 e. The molecule has 0 saturated heterocycles. The Morgan fingerprint density at radius 3 is 2.29 bits per heavy atom. The van der Waals surface area contributed by atoms with E-state index in [-0.39, 0.29) is 24.2 Å². The number of carbonyl (C=O) groups is 2. The van der Waals surface area contributed by atoms with Crippen molar-refractivity contribution < 1.29 is 38.7 Å². The Bertz CT molecular complexity index is 517. The molecule has 8 heteroatoms. The van der Waals surface area contributed by atoms with Crippen LogP contribution in [0.4, 0.5) is 0 Å². The number of hydrogen-bond acceptors (Lipinski definition) is 7. The van der Waals surface area contributed by atoms with Crippen molar-refractivity contribution in [3.8, 4) is 11.5 Å². The molecule has 24 heavy (non-hydrogen) atoms. The highest BCUT2D eigenvalue weighted by atomic mass is 16.6. The van der Waals surface area contributed by atoms with E-state index in [1.807, 2.05) is 0 Å². The number of carbonyl (C=O) groups excluding carboxylic acids is 1. The predicted octanol–water partition coefficient (Wildman–Crippen LogP) is 0.818. The largest absolute Gasteiger partial charge is 0.507 e. The Morgan fingerprint density at radius 2 is 1.75 bits per heavy atom. The molecule has 0 spiro atoms. The Labute approximate surface area is 139 Å². The first-order valence-electron chi connectivity index (χ1n) is 7.38. The third-order valence-electron chi connectivity index (χ3n) is 3.04. The third-order valence-corrected chi connectivity index (χ3v) is 3.04. The molecule has 1 aromatic rings. The zero-order valence-electron chi connectivity index (χ0n) is 13.5. The van der Waals surface area contributed by atoms with Gasteiger partial charge in [-0.25, -0.2) is 0 Å². The lowest BCUT2D eigenvalue weighted by Crippen LogP contribution is -2.13. The fraction of sp³-hybridized carbons (Fsp3) is 0.500. The van der Waals surface area contributed by atoms with Crippen LogP contribution in [0.15, 0.2) is 18.2 Å². The number of rotatable bonds is 13. The molecule has 1 aromatic carbocycles. The lowest BCUT2D eigenvalue weighted by molar-refractivity contribution is -0.140. The first kappa shape index (κ1) is 19.9. The molecule has 0 aromatic heterocycles. The minimum atomic E-state index is -1.40. The summed E-state index contributed by atoms with van der Waals surface area (Å²) in [6, 6.07) is 4.10. The summed E-state index contributed by atoms with van der Waals surface area (Å²) in [4.78, 5) is 21.7. The SMILES string of the molecule is COCCOCCOCCOc1ccc(C(C=O)C(=O)O)c(O)c1. The summed E-state index contributed by atoms with van der Waals surface area (Å²) < 4.78 is 20.7. The molecule has 0 aliphatic rings. The van der Waals surface area contributed by atoms with E-state index < -0.39 is 11.9 Å². The highest BCUT2D eigenvalue weighted by molar-refractivity contribution is 5.93. The van der Waals surface area contributed by atoms with Crippen LogP contribution in [0, 0.1) is 0 Å². The van der Waals surface area contributed by atoms with Crippen LogP contribution in [0.2, 0.25) is 0 Å². The maximum absolute atomic E-state index is 10.9. The molecule has 0 fully saturated rings. The van der Waals surface area contributed by atoms with E-state index in [0.717, 1.165) is 0 Å². The Hall–Kier alpha value is -2.16. The number of aldehydes is 1. The molecule has 1 rings (SSSR count). The van der Waals surface area contributed by atoms with Gasteiger partial charge in [-0.15, -0.1) is 0 Å². The highest BCUT2D eigenvalue weighted by Gasteiger charge is 2.22. The Morgan fingerprint density at radius 1 is 1.12 bits per heavy atom. The lowest BCUT2D eigenvalue weighted by Gasteiger charge is -2.11. The van der Waals surface area contributed by atoms with Gasteiger partial charge in [0.1, 0.15) is 30.3 Å². The standard InChI is InChI=1S/C16H22O8/c1-21-4-5-22-6-7-23-8-9-24-12-2-3-13(15(18)10-12)14(11-17)16(19)20/h2-3,10-11,14,18H,4-9H2,1H3,(H,19,20). The van der Waals surface area contributed by atoms with E-state index in [4.69, 9.17) is 24.1 Å². The molecule has 8 nitrogen and oxygen atoms in total. The van der Waals surface area contributed by atoms with Crippen molar-refractivity contribution in [3.63, 3.8) is 0 Å². The molecule has 0 amide bonds. The van der Waals surface area contributed by atoms with Gasteiger partial charge in [-0.3, -0.25) is 4.79 Å². The zero-order chi connectivity index (χ0) is 17.8. The number of ether oxygens (including phenoxy) is 4. The topological polar surface area (TPSA) is 112 Å². The number of aromatic hydroxyl groups is 1. The minimum absolute atomic E-state index is 0.0225. The molecular weight excluding hydrogens is 320 g/mol.